The van der Waals surface area contributed by atoms with Crippen LogP contribution in [0.25, 0.3) is 0 Å². The van der Waals surface area contributed by atoms with E-state index in [1.807, 2.05) is 37.3 Å². The van der Waals surface area contributed by atoms with E-state index in [9.17, 15) is 4.79 Å². The molecule has 2 aromatic rings. The number of nitrogens with zero attached hydrogens (tertiary/aromatic N) is 2. The Morgan fingerprint density at radius 1 is 1.17 bits per heavy atom. The number of carbonyl (C=O) groups excluding carboxylic acids is 1. The second-order valence-corrected chi connectivity index (χ2v) is 5.86. The SMILES string of the molecule is CCN(CCc1ccccn1)C(=O)Nc1ccc(C(C)C)cc1. The highest BCUT2D eigenvalue weighted by Gasteiger charge is 2.12. The summed E-state index contributed by atoms with van der Waals surface area (Å²) in [5.74, 6) is 0.491. The minimum absolute atomic E-state index is 0.0688. The van der Waals surface area contributed by atoms with Gasteiger partial charge in [-0.2, -0.15) is 0 Å². The number of pyridine rings is 1. The van der Waals surface area contributed by atoms with Crippen LogP contribution < -0.4 is 5.32 Å². The molecule has 2 rings (SSSR count). The molecule has 1 aromatic carbocycles. The zero-order valence-corrected chi connectivity index (χ0v) is 14.1. The summed E-state index contributed by atoms with van der Waals surface area (Å²) in [6.07, 6.45) is 2.54. The largest absolute Gasteiger partial charge is 0.324 e. The fraction of sp³-hybridized carbons (Fsp3) is 0.368. The minimum atomic E-state index is -0.0688. The molecule has 0 fully saturated rings. The first kappa shape index (κ1) is 17.0. The third kappa shape index (κ3) is 5.09. The van der Waals surface area contributed by atoms with E-state index in [0.29, 0.717) is 19.0 Å². The van der Waals surface area contributed by atoms with Crippen LogP contribution in [0.15, 0.2) is 48.7 Å². The monoisotopic (exact) mass is 311 g/mol. The van der Waals surface area contributed by atoms with Gasteiger partial charge in [-0.25, -0.2) is 4.79 Å². The summed E-state index contributed by atoms with van der Waals surface area (Å²) < 4.78 is 0. The molecule has 4 heteroatoms. The summed E-state index contributed by atoms with van der Waals surface area (Å²) in [5.41, 5.74) is 3.10. The van der Waals surface area contributed by atoms with Gasteiger partial charge in [-0.1, -0.05) is 32.0 Å². The van der Waals surface area contributed by atoms with Crippen LogP contribution in [0.1, 0.15) is 37.9 Å². The van der Waals surface area contributed by atoms with E-state index in [4.69, 9.17) is 0 Å². The van der Waals surface area contributed by atoms with Gasteiger partial charge >= 0.3 is 6.03 Å². The van der Waals surface area contributed by atoms with Crippen molar-refractivity contribution in [2.75, 3.05) is 18.4 Å². The second-order valence-electron chi connectivity index (χ2n) is 5.86. The average molecular weight is 311 g/mol. The van der Waals surface area contributed by atoms with Crippen LogP contribution in [-0.4, -0.2) is 29.0 Å². The highest BCUT2D eigenvalue weighted by Crippen LogP contribution is 2.17. The van der Waals surface area contributed by atoms with Gasteiger partial charge in [0.2, 0.25) is 0 Å². The zero-order valence-electron chi connectivity index (χ0n) is 14.1. The second kappa shape index (κ2) is 8.32. The lowest BCUT2D eigenvalue weighted by molar-refractivity contribution is 0.215. The highest BCUT2D eigenvalue weighted by atomic mass is 16.2. The lowest BCUT2D eigenvalue weighted by Gasteiger charge is -2.21. The Morgan fingerprint density at radius 2 is 1.91 bits per heavy atom. The molecule has 1 heterocycles. The third-order valence-electron chi connectivity index (χ3n) is 3.86. The van der Waals surface area contributed by atoms with Crippen LogP contribution in [0, 0.1) is 0 Å². The summed E-state index contributed by atoms with van der Waals surface area (Å²) in [6.45, 7) is 7.63. The molecule has 1 aromatic heterocycles. The number of aromatic nitrogens is 1. The highest BCUT2D eigenvalue weighted by molar-refractivity contribution is 5.89. The van der Waals surface area contributed by atoms with Crippen molar-refractivity contribution < 1.29 is 4.79 Å². The van der Waals surface area contributed by atoms with Gasteiger partial charge in [-0.15, -0.1) is 0 Å². The summed E-state index contributed by atoms with van der Waals surface area (Å²) in [5, 5.41) is 2.96. The Bertz CT molecular complexity index is 608. The molecule has 122 valence electrons. The number of likely N-dealkylation sites (N-methyl/N-ethyl adjacent to an activating group) is 1. The molecular weight excluding hydrogens is 286 g/mol. The molecule has 2 amide bonds. The third-order valence-corrected chi connectivity index (χ3v) is 3.86. The van der Waals surface area contributed by atoms with E-state index in [0.717, 1.165) is 17.8 Å². The molecule has 0 radical (unpaired) electrons. The molecule has 0 aliphatic heterocycles. The lowest BCUT2D eigenvalue weighted by atomic mass is 10.0. The summed E-state index contributed by atoms with van der Waals surface area (Å²) in [4.78, 5) is 18.5. The van der Waals surface area contributed by atoms with Crippen molar-refractivity contribution in [3.63, 3.8) is 0 Å². The number of carbonyl (C=O) groups is 1. The molecule has 0 aliphatic carbocycles. The van der Waals surface area contributed by atoms with E-state index in [1.54, 1.807) is 11.1 Å². The normalized spacial score (nSPS) is 10.6. The van der Waals surface area contributed by atoms with E-state index in [2.05, 4.69) is 36.3 Å². The summed E-state index contributed by atoms with van der Waals surface area (Å²) in [7, 11) is 0. The molecular formula is C19H25N3O. The molecule has 0 bridgehead atoms. The van der Waals surface area contributed by atoms with Gasteiger partial charge in [0.1, 0.15) is 0 Å². The minimum Gasteiger partial charge on any atom is -0.324 e. The number of urea groups is 1. The standard InChI is InChI=1S/C19H25N3O/c1-4-22(14-12-17-7-5-6-13-20-17)19(23)21-18-10-8-16(9-11-18)15(2)3/h5-11,13,15H,4,12,14H2,1-3H3,(H,21,23). The number of anilines is 1. The Balaban J connectivity index is 1.91. The molecule has 0 unspecified atom stereocenters. The van der Waals surface area contributed by atoms with E-state index < -0.39 is 0 Å². The fourth-order valence-electron chi connectivity index (χ4n) is 2.35. The summed E-state index contributed by atoms with van der Waals surface area (Å²) in [6, 6.07) is 13.8. The first-order chi connectivity index (χ1) is 11.1. The number of hydrogen-bond acceptors (Lipinski definition) is 2. The van der Waals surface area contributed by atoms with Crippen LogP contribution in [0.5, 0.6) is 0 Å². The Morgan fingerprint density at radius 3 is 2.48 bits per heavy atom. The molecule has 23 heavy (non-hydrogen) atoms. The molecule has 0 spiro atoms. The number of hydrogen-bond donors (Lipinski definition) is 1. The van der Waals surface area contributed by atoms with Crippen molar-refractivity contribution in [2.45, 2.75) is 33.1 Å². The summed E-state index contributed by atoms with van der Waals surface area (Å²) >= 11 is 0. The molecule has 0 saturated carbocycles. The van der Waals surface area contributed by atoms with Gasteiger partial charge < -0.3 is 10.2 Å². The first-order valence-electron chi connectivity index (χ1n) is 8.16. The zero-order chi connectivity index (χ0) is 16.7. The van der Waals surface area contributed by atoms with E-state index in [1.165, 1.54) is 5.56 Å². The van der Waals surface area contributed by atoms with E-state index >= 15 is 0 Å². The fourth-order valence-corrected chi connectivity index (χ4v) is 2.35. The molecule has 0 saturated heterocycles. The van der Waals surface area contributed by atoms with Crippen LogP contribution in [0.2, 0.25) is 0 Å². The Labute approximate surface area is 138 Å². The lowest BCUT2D eigenvalue weighted by Crippen LogP contribution is -2.36. The van der Waals surface area contributed by atoms with Gasteiger partial charge in [0.15, 0.2) is 0 Å². The predicted molar refractivity (Wildman–Crippen MR) is 94.7 cm³/mol. The molecule has 1 N–H and O–H groups in total. The van der Waals surface area contributed by atoms with Crippen LogP contribution in [-0.2, 0) is 6.42 Å². The maximum absolute atomic E-state index is 12.4. The smallest absolute Gasteiger partial charge is 0.321 e. The van der Waals surface area contributed by atoms with Gasteiger partial charge in [0, 0.05) is 37.1 Å². The van der Waals surface area contributed by atoms with Crippen LogP contribution in [0.4, 0.5) is 10.5 Å². The van der Waals surface area contributed by atoms with Crippen molar-refractivity contribution in [1.82, 2.24) is 9.88 Å². The van der Waals surface area contributed by atoms with Crippen LogP contribution >= 0.6 is 0 Å². The van der Waals surface area contributed by atoms with Crippen molar-refractivity contribution in [3.05, 3.63) is 59.9 Å². The number of nitrogens with one attached hydrogen (secondary N) is 1. The topological polar surface area (TPSA) is 45.2 Å². The Kier molecular flexibility index (Phi) is 6.15. The first-order valence-corrected chi connectivity index (χ1v) is 8.16. The predicted octanol–water partition coefficient (Wildman–Crippen LogP) is 4.30. The number of amides is 2. The maximum atomic E-state index is 12.4. The number of rotatable bonds is 6. The van der Waals surface area contributed by atoms with Crippen molar-refractivity contribution in [2.24, 2.45) is 0 Å². The molecule has 0 aliphatic rings. The van der Waals surface area contributed by atoms with Crippen molar-refractivity contribution >= 4 is 11.7 Å². The van der Waals surface area contributed by atoms with E-state index in [-0.39, 0.29) is 6.03 Å². The van der Waals surface area contributed by atoms with Crippen molar-refractivity contribution in [3.8, 4) is 0 Å². The van der Waals surface area contributed by atoms with Gasteiger partial charge in [0.05, 0.1) is 0 Å². The average Bonchev–Trinajstić information content (AvgIpc) is 2.57. The van der Waals surface area contributed by atoms with Gasteiger partial charge in [-0.05, 0) is 42.7 Å². The van der Waals surface area contributed by atoms with Crippen molar-refractivity contribution in [1.29, 1.82) is 0 Å². The Hall–Kier alpha value is -2.36. The number of benzene rings is 1. The van der Waals surface area contributed by atoms with Crippen LogP contribution in [0.3, 0.4) is 0 Å². The quantitative estimate of drug-likeness (QED) is 0.864. The van der Waals surface area contributed by atoms with Gasteiger partial charge in [0.25, 0.3) is 0 Å². The molecule has 4 nitrogen and oxygen atoms in total. The van der Waals surface area contributed by atoms with Gasteiger partial charge in [-0.3, -0.25) is 4.98 Å². The maximum Gasteiger partial charge on any atom is 0.321 e. The molecule has 0 atom stereocenters.